The zero-order valence-electron chi connectivity index (χ0n) is 9.25. The summed E-state index contributed by atoms with van der Waals surface area (Å²) in [5, 5.41) is 4.89. The maximum atomic E-state index is 4.87. The van der Waals surface area contributed by atoms with Crippen molar-refractivity contribution in [1.29, 1.82) is 0 Å². The van der Waals surface area contributed by atoms with Gasteiger partial charge in [-0.1, -0.05) is 0 Å². The average molecular weight is 222 g/mol. The lowest BCUT2D eigenvalue weighted by molar-refractivity contribution is 0.454. The molecule has 2 fully saturated rings. The second-order valence-electron chi connectivity index (χ2n) is 4.81. The van der Waals surface area contributed by atoms with Crippen molar-refractivity contribution >= 4 is 11.3 Å². The molecule has 0 bridgehead atoms. The summed E-state index contributed by atoms with van der Waals surface area (Å²) in [7, 11) is 0. The fourth-order valence-electron chi connectivity index (χ4n) is 2.40. The minimum atomic E-state index is 0.683. The van der Waals surface area contributed by atoms with Crippen LogP contribution < -0.4 is 5.32 Å². The van der Waals surface area contributed by atoms with E-state index in [9.17, 15) is 0 Å². The molecule has 0 amide bonds. The number of hydrogen-bond acceptors (Lipinski definition) is 3. The number of piperidine rings is 1. The highest BCUT2D eigenvalue weighted by Crippen LogP contribution is 2.43. The van der Waals surface area contributed by atoms with Gasteiger partial charge in [0.25, 0.3) is 0 Å². The Morgan fingerprint density at radius 3 is 2.80 bits per heavy atom. The minimum Gasteiger partial charge on any atom is -0.316 e. The number of aryl methyl sites for hydroxylation is 1. The molecule has 2 heterocycles. The molecule has 2 aliphatic rings. The lowest BCUT2D eigenvalue weighted by Gasteiger charge is -2.21. The van der Waals surface area contributed by atoms with Gasteiger partial charge in [0.1, 0.15) is 0 Å². The van der Waals surface area contributed by atoms with Crippen molar-refractivity contribution in [3.63, 3.8) is 0 Å². The Kier molecular flexibility index (Phi) is 2.53. The molecule has 3 heteroatoms. The molecular weight excluding hydrogens is 204 g/mol. The highest BCUT2D eigenvalue weighted by Gasteiger charge is 2.29. The Bertz CT molecular complexity index is 349. The lowest BCUT2D eigenvalue weighted by atomic mass is 9.96. The Morgan fingerprint density at radius 2 is 2.13 bits per heavy atom. The fraction of sp³-hybridized carbons (Fsp3) is 0.750. The highest BCUT2D eigenvalue weighted by atomic mass is 32.1. The van der Waals surface area contributed by atoms with Gasteiger partial charge < -0.3 is 5.32 Å². The van der Waals surface area contributed by atoms with Crippen LogP contribution in [0.15, 0.2) is 0 Å². The normalized spacial score (nSPS) is 26.9. The average Bonchev–Trinajstić information content (AvgIpc) is 3.04. The second-order valence-corrected chi connectivity index (χ2v) is 6.05. The SMILES string of the molecule is Cc1sc(C2CC2)nc1C1CCCNC1. The van der Waals surface area contributed by atoms with Crippen molar-refractivity contribution in [2.45, 2.75) is 44.4 Å². The van der Waals surface area contributed by atoms with Crippen LogP contribution in [0.3, 0.4) is 0 Å². The van der Waals surface area contributed by atoms with Crippen molar-refractivity contribution in [2.75, 3.05) is 13.1 Å². The molecule has 1 saturated heterocycles. The summed E-state index contributed by atoms with van der Waals surface area (Å²) in [5.41, 5.74) is 1.40. The van der Waals surface area contributed by atoms with Crippen LogP contribution in [0.4, 0.5) is 0 Å². The van der Waals surface area contributed by atoms with E-state index in [4.69, 9.17) is 4.98 Å². The van der Waals surface area contributed by atoms with Gasteiger partial charge in [0.05, 0.1) is 10.7 Å². The fourth-order valence-corrected chi connectivity index (χ4v) is 3.58. The van der Waals surface area contributed by atoms with E-state index in [1.807, 2.05) is 11.3 Å². The zero-order valence-corrected chi connectivity index (χ0v) is 10.1. The van der Waals surface area contributed by atoms with Gasteiger partial charge >= 0.3 is 0 Å². The first-order valence-electron chi connectivity index (χ1n) is 6.02. The highest BCUT2D eigenvalue weighted by molar-refractivity contribution is 7.11. The summed E-state index contributed by atoms with van der Waals surface area (Å²) in [4.78, 5) is 6.34. The first-order chi connectivity index (χ1) is 7.34. The quantitative estimate of drug-likeness (QED) is 0.832. The van der Waals surface area contributed by atoms with Gasteiger partial charge in [-0.25, -0.2) is 4.98 Å². The van der Waals surface area contributed by atoms with E-state index in [0.29, 0.717) is 5.92 Å². The summed E-state index contributed by atoms with van der Waals surface area (Å²) < 4.78 is 0. The van der Waals surface area contributed by atoms with Gasteiger partial charge in [-0.05, 0) is 39.2 Å². The van der Waals surface area contributed by atoms with Crippen LogP contribution in [-0.4, -0.2) is 18.1 Å². The van der Waals surface area contributed by atoms with Crippen LogP contribution in [0.1, 0.15) is 53.1 Å². The lowest BCUT2D eigenvalue weighted by Crippen LogP contribution is -2.28. The van der Waals surface area contributed by atoms with Crippen LogP contribution in [0.2, 0.25) is 0 Å². The van der Waals surface area contributed by atoms with Crippen molar-refractivity contribution in [2.24, 2.45) is 0 Å². The van der Waals surface area contributed by atoms with Crippen LogP contribution >= 0.6 is 11.3 Å². The summed E-state index contributed by atoms with van der Waals surface area (Å²) >= 11 is 1.94. The zero-order chi connectivity index (χ0) is 10.3. The molecule has 2 nitrogen and oxygen atoms in total. The number of nitrogens with one attached hydrogen (secondary N) is 1. The van der Waals surface area contributed by atoms with E-state index < -0.39 is 0 Å². The van der Waals surface area contributed by atoms with E-state index in [1.54, 1.807) is 0 Å². The smallest absolute Gasteiger partial charge is 0.0962 e. The summed E-state index contributed by atoms with van der Waals surface area (Å²) in [6, 6.07) is 0. The molecule has 1 unspecified atom stereocenters. The molecule has 1 aromatic rings. The Hall–Kier alpha value is -0.410. The third-order valence-electron chi connectivity index (χ3n) is 3.46. The molecule has 82 valence electrons. The Morgan fingerprint density at radius 1 is 1.27 bits per heavy atom. The van der Waals surface area contributed by atoms with Crippen LogP contribution in [0.5, 0.6) is 0 Å². The number of aromatic nitrogens is 1. The van der Waals surface area contributed by atoms with Crippen LogP contribution in [0, 0.1) is 6.92 Å². The van der Waals surface area contributed by atoms with E-state index >= 15 is 0 Å². The maximum absolute atomic E-state index is 4.87. The van der Waals surface area contributed by atoms with Crippen LogP contribution in [0.25, 0.3) is 0 Å². The van der Waals surface area contributed by atoms with Crippen molar-refractivity contribution < 1.29 is 0 Å². The second kappa shape index (κ2) is 3.87. The molecule has 0 radical (unpaired) electrons. The molecule has 3 rings (SSSR count). The maximum Gasteiger partial charge on any atom is 0.0962 e. The monoisotopic (exact) mass is 222 g/mol. The third kappa shape index (κ3) is 1.95. The first-order valence-corrected chi connectivity index (χ1v) is 6.84. The predicted octanol–water partition coefficient (Wildman–Crippen LogP) is 2.80. The first kappa shape index (κ1) is 9.79. The largest absolute Gasteiger partial charge is 0.316 e. The summed E-state index contributed by atoms with van der Waals surface area (Å²) in [5.74, 6) is 1.50. The molecule has 15 heavy (non-hydrogen) atoms. The molecule has 1 aromatic heterocycles. The summed E-state index contributed by atoms with van der Waals surface area (Å²) in [6.45, 7) is 4.57. The van der Waals surface area contributed by atoms with Gasteiger partial charge in [0, 0.05) is 23.3 Å². The third-order valence-corrected chi connectivity index (χ3v) is 4.61. The van der Waals surface area contributed by atoms with Gasteiger partial charge in [-0.3, -0.25) is 0 Å². The van der Waals surface area contributed by atoms with Crippen molar-refractivity contribution in [3.8, 4) is 0 Å². The molecule has 0 spiro atoms. The summed E-state index contributed by atoms with van der Waals surface area (Å²) in [6.07, 6.45) is 5.37. The van der Waals surface area contributed by atoms with Crippen molar-refractivity contribution in [1.82, 2.24) is 10.3 Å². The molecule has 1 atom stereocenters. The molecule has 0 aromatic carbocycles. The number of hydrogen-bond donors (Lipinski definition) is 1. The van der Waals surface area contributed by atoms with Gasteiger partial charge in [-0.15, -0.1) is 11.3 Å². The Balaban J connectivity index is 1.82. The minimum absolute atomic E-state index is 0.683. The van der Waals surface area contributed by atoms with Crippen molar-refractivity contribution in [3.05, 3.63) is 15.6 Å². The van der Waals surface area contributed by atoms with Gasteiger partial charge in [0.2, 0.25) is 0 Å². The van der Waals surface area contributed by atoms with Gasteiger partial charge in [0.15, 0.2) is 0 Å². The van der Waals surface area contributed by atoms with E-state index in [0.717, 1.165) is 12.5 Å². The predicted molar refractivity (Wildman–Crippen MR) is 63.7 cm³/mol. The number of nitrogens with zero attached hydrogens (tertiary/aromatic N) is 1. The van der Waals surface area contributed by atoms with E-state index in [-0.39, 0.29) is 0 Å². The molecular formula is C12H18N2S. The topological polar surface area (TPSA) is 24.9 Å². The van der Waals surface area contributed by atoms with E-state index in [2.05, 4.69) is 12.2 Å². The molecule has 1 saturated carbocycles. The number of rotatable bonds is 2. The van der Waals surface area contributed by atoms with Gasteiger partial charge in [-0.2, -0.15) is 0 Å². The molecule has 1 aliphatic heterocycles. The molecule has 1 aliphatic carbocycles. The van der Waals surface area contributed by atoms with Crippen LogP contribution in [-0.2, 0) is 0 Å². The molecule has 1 N–H and O–H groups in total. The standard InChI is InChI=1S/C12H18N2S/c1-8-11(10-3-2-6-13-7-10)14-12(15-8)9-4-5-9/h9-10,13H,2-7H2,1H3. The number of thiazole rings is 1. The Labute approximate surface area is 95.1 Å². The van der Waals surface area contributed by atoms with E-state index in [1.165, 1.54) is 47.8 Å².